The maximum Gasteiger partial charge on any atom is 0.253 e. The molecule has 2 saturated heterocycles. The van der Waals surface area contributed by atoms with Gasteiger partial charge in [-0.1, -0.05) is 6.07 Å². The number of rotatable bonds is 6. The number of likely N-dealkylation sites (tertiary alicyclic amines) is 1. The van der Waals surface area contributed by atoms with Crippen molar-refractivity contribution in [2.45, 2.75) is 30.2 Å². The van der Waals surface area contributed by atoms with Gasteiger partial charge in [0.25, 0.3) is 5.91 Å². The molecular weight excluding hydrogens is 364 g/mol. The number of benzene rings is 1. The van der Waals surface area contributed by atoms with Gasteiger partial charge in [-0.3, -0.25) is 9.69 Å². The van der Waals surface area contributed by atoms with Crippen molar-refractivity contribution in [3.63, 3.8) is 0 Å². The molecule has 0 spiro atoms. The first-order valence-corrected chi connectivity index (χ1v) is 11.3. The van der Waals surface area contributed by atoms with Crippen LogP contribution in [0, 0.1) is 5.92 Å². The van der Waals surface area contributed by atoms with E-state index in [0.29, 0.717) is 24.1 Å². The Kier molecular flexibility index (Phi) is 5.50. The van der Waals surface area contributed by atoms with Gasteiger partial charge < -0.3 is 10.2 Å². The molecule has 3 fully saturated rings. The van der Waals surface area contributed by atoms with Crippen LogP contribution >= 0.6 is 0 Å². The van der Waals surface area contributed by atoms with E-state index in [4.69, 9.17) is 0 Å². The second-order valence-corrected chi connectivity index (χ2v) is 9.57. The van der Waals surface area contributed by atoms with E-state index in [1.807, 2.05) is 4.90 Å². The Hall–Kier alpha value is -1.48. The summed E-state index contributed by atoms with van der Waals surface area (Å²) in [6.45, 7) is 5.97. The smallest absolute Gasteiger partial charge is 0.253 e. The molecule has 2 aliphatic heterocycles. The molecule has 8 heteroatoms. The lowest BCUT2D eigenvalue weighted by atomic mass is 10.2. The zero-order valence-corrected chi connectivity index (χ0v) is 16.4. The normalized spacial score (nSPS) is 24.3. The van der Waals surface area contributed by atoms with Gasteiger partial charge in [0.15, 0.2) is 0 Å². The van der Waals surface area contributed by atoms with Crippen LogP contribution in [0.25, 0.3) is 0 Å². The van der Waals surface area contributed by atoms with Gasteiger partial charge in [-0.25, -0.2) is 13.1 Å². The standard InChI is InChI=1S/C19H28N4O3S/c24-19(23-9-6-17(14-23)22-10-7-20-8-11-22)16-2-1-3-18(12-16)27(25,26)21-13-15-4-5-15/h1-3,12,15,17,20-21H,4-11,13-14H2. The van der Waals surface area contributed by atoms with Gasteiger partial charge >= 0.3 is 0 Å². The number of carbonyl (C=O) groups excluding carboxylic acids is 1. The monoisotopic (exact) mass is 392 g/mol. The van der Waals surface area contributed by atoms with Crippen LogP contribution in [0.2, 0.25) is 0 Å². The highest BCUT2D eigenvalue weighted by Gasteiger charge is 2.32. The van der Waals surface area contributed by atoms with E-state index < -0.39 is 10.0 Å². The molecule has 0 aromatic heterocycles. The number of nitrogens with zero attached hydrogens (tertiary/aromatic N) is 2. The van der Waals surface area contributed by atoms with Gasteiger partial charge in [-0.15, -0.1) is 0 Å². The number of hydrogen-bond acceptors (Lipinski definition) is 5. The second kappa shape index (κ2) is 7.87. The maximum atomic E-state index is 12.9. The maximum absolute atomic E-state index is 12.9. The van der Waals surface area contributed by atoms with Crippen LogP contribution in [0.5, 0.6) is 0 Å². The Morgan fingerprint density at radius 1 is 1.15 bits per heavy atom. The highest BCUT2D eigenvalue weighted by atomic mass is 32.2. The van der Waals surface area contributed by atoms with Gasteiger partial charge in [0.05, 0.1) is 4.90 Å². The number of carbonyl (C=O) groups is 1. The Bertz CT molecular complexity index is 788. The van der Waals surface area contributed by atoms with Crippen LogP contribution in [-0.2, 0) is 10.0 Å². The van der Waals surface area contributed by atoms with E-state index in [0.717, 1.165) is 58.5 Å². The lowest BCUT2D eigenvalue weighted by Gasteiger charge is -2.32. The average Bonchev–Trinajstić information content (AvgIpc) is 3.41. The summed E-state index contributed by atoms with van der Waals surface area (Å²) in [4.78, 5) is 17.4. The van der Waals surface area contributed by atoms with E-state index in [9.17, 15) is 13.2 Å². The van der Waals surface area contributed by atoms with Crippen LogP contribution in [0.3, 0.4) is 0 Å². The van der Waals surface area contributed by atoms with Crippen molar-refractivity contribution in [3.05, 3.63) is 29.8 Å². The lowest BCUT2D eigenvalue weighted by Crippen LogP contribution is -2.49. The molecule has 1 aliphatic carbocycles. The fraction of sp³-hybridized carbons (Fsp3) is 0.632. The number of hydrogen-bond donors (Lipinski definition) is 2. The molecule has 0 bridgehead atoms. The molecule has 1 aromatic rings. The summed E-state index contributed by atoms with van der Waals surface area (Å²) in [5.74, 6) is 0.392. The third-order valence-corrected chi connectivity index (χ3v) is 7.19. The molecule has 7 nitrogen and oxygen atoms in total. The zero-order chi connectivity index (χ0) is 18.9. The van der Waals surface area contributed by atoms with E-state index in [2.05, 4.69) is 14.9 Å². The van der Waals surface area contributed by atoms with Crippen molar-refractivity contribution in [2.75, 3.05) is 45.8 Å². The van der Waals surface area contributed by atoms with E-state index in [-0.39, 0.29) is 10.8 Å². The molecule has 4 rings (SSSR count). The van der Waals surface area contributed by atoms with Crippen LogP contribution in [0.4, 0.5) is 0 Å². The summed E-state index contributed by atoms with van der Waals surface area (Å²) in [6.07, 6.45) is 3.15. The Morgan fingerprint density at radius 3 is 2.67 bits per heavy atom. The molecule has 1 aromatic carbocycles. The second-order valence-electron chi connectivity index (χ2n) is 7.80. The summed E-state index contributed by atoms with van der Waals surface area (Å²) in [5.41, 5.74) is 0.449. The molecule has 1 atom stereocenters. The van der Waals surface area contributed by atoms with Crippen LogP contribution in [-0.4, -0.2) is 76.0 Å². The quantitative estimate of drug-likeness (QED) is 0.737. The number of sulfonamides is 1. The minimum atomic E-state index is -3.56. The van der Waals surface area contributed by atoms with Crippen molar-refractivity contribution < 1.29 is 13.2 Å². The fourth-order valence-corrected chi connectivity index (χ4v) is 5.04. The first kappa shape index (κ1) is 18.9. The highest BCUT2D eigenvalue weighted by molar-refractivity contribution is 7.89. The number of piperazine rings is 1. The van der Waals surface area contributed by atoms with E-state index in [1.165, 1.54) is 6.07 Å². The largest absolute Gasteiger partial charge is 0.337 e. The zero-order valence-electron chi connectivity index (χ0n) is 15.6. The van der Waals surface area contributed by atoms with Crippen molar-refractivity contribution in [1.82, 2.24) is 19.8 Å². The molecule has 1 saturated carbocycles. The van der Waals surface area contributed by atoms with Crippen molar-refractivity contribution in [2.24, 2.45) is 5.92 Å². The van der Waals surface area contributed by atoms with Gasteiger partial charge in [-0.2, -0.15) is 0 Å². The third kappa shape index (κ3) is 4.51. The van der Waals surface area contributed by atoms with E-state index >= 15 is 0 Å². The molecular formula is C19H28N4O3S. The van der Waals surface area contributed by atoms with Gasteiger partial charge in [0.2, 0.25) is 10.0 Å². The first-order chi connectivity index (χ1) is 13.0. The first-order valence-electron chi connectivity index (χ1n) is 9.87. The van der Waals surface area contributed by atoms with Gasteiger partial charge in [0.1, 0.15) is 0 Å². The van der Waals surface area contributed by atoms with Crippen LogP contribution in [0.15, 0.2) is 29.2 Å². The summed E-state index contributed by atoms with van der Waals surface area (Å²) in [7, 11) is -3.56. The SMILES string of the molecule is O=C(c1cccc(S(=O)(=O)NCC2CC2)c1)N1CCC(N2CCNCC2)C1. The van der Waals surface area contributed by atoms with Gasteiger partial charge in [-0.05, 0) is 43.4 Å². The molecule has 2 N–H and O–H groups in total. The predicted octanol–water partition coefficient (Wildman–Crippen LogP) is 0.495. The Labute approximate surface area is 161 Å². The summed E-state index contributed by atoms with van der Waals surface area (Å²) < 4.78 is 27.6. The Balaban J connectivity index is 1.41. The molecule has 1 amide bonds. The predicted molar refractivity (Wildman–Crippen MR) is 103 cm³/mol. The number of nitrogens with one attached hydrogen (secondary N) is 2. The average molecular weight is 393 g/mol. The Morgan fingerprint density at radius 2 is 1.93 bits per heavy atom. The highest BCUT2D eigenvalue weighted by Crippen LogP contribution is 2.28. The minimum Gasteiger partial charge on any atom is -0.337 e. The summed E-state index contributed by atoms with van der Waals surface area (Å²) in [6, 6.07) is 6.83. The van der Waals surface area contributed by atoms with Crippen molar-refractivity contribution in [1.29, 1.82) is 0 Å². The molecule has 0 radical (unpaired) electrons. The minimum absolute atomic E-state index is 0.0770. The molecule has 1 unspecified atom stereocenters. The topological polar surface area (TPSA) is 81.8 Å². The number of amides is 1. The van der Waals surface area contributed by atoms with Crippen LogP contribution in [0.1, 0.15) is 29.6 Å². The fourth-order valence-electron chi connectivity index (χ4n) is 3.88. The summed E-state index contributed by atoms with van der Waals surface area (Å²) in [5, 5.41) is 3.35. The molecule has 2 heterocycles. The van der Waals surface area contributed by atoms with Crippen molar-refractivity contribution in [3.8, 4) is 0 Å². The summed E-state index contributed by atoms with van der Waals surface area (Å²) >= 11 is 0. The third-order valence-electron chi connectivity index (χ3n) is 5.77. The van der Waals surface area contributed by atoms with Crippen molar-refractivity contribution >= 4 is 15.9 Å². The lowest BCUT2D eigenvalue weighted by molar-refractivity contribution is 0.0773. The van der Waals surface area contributed by atoms with Gasteiger partial charge in [0, 0.05) is 57.4 Å². The molecule has 3 aliphatic rings. The molecule has 27 heavy (non-hydrogen) atoms. The van der Waals surface area contributed by atoms with Crippen LogP contribution < -0.4 is 10.0 Å². The van der Waals surface area contributed by atoms with E-state index in [1.54, 1.807) is 18.2 Å². The molecule has 148 valence electrons.